The Bertz CT molecular complexity index is 473. The third-order valence-corrected chi connectivity index (χ3v) is 3.41. The number of carbonyl (C=O) groups excluding carboxylic acids is 1. The van der Waals surface area contributed by atoms with Crippen LogP contribution >= 0.6 is 12.4 Å². The lowest BCUT2D eigenvalue weighted by Crippen LogP contribution is -2.44. The van der Waals surface area contributed by atoms with Gasteiger partial charge in [-0.25, -0.2) is 0 Å². The van der Waals surface area contributed by atoms with E-state index in [1.807, 2.05) is 4.90 Å². The number of rotatable bonds is 3. The molecule has 2 rings (SSSR count). The highest BCUT2D eigenvalue weighted by molar-refractivity contribution is 5.94. The zero-order chi connectivity index (χ0) is 13.0. The largest absolute Gasteiger partial charge is 0.336 e. The molecular weight excluding hydrogens is 266 g/mol. The molecule has 0 spiro atoms. The SMILES string of the molecule is Cl.NCCC1CCCCN1C(=O)c1cc[nH]c(=O)c1. The molecule has 1 aliphatic rings. The van der Waals surface area contributed by atoms with Crippen LogP contribution in [-0.2, 0) is 0 Å². The Kier molecular flexibility index (Phi) is 6.05. The van der Waals surface area contributed by atoms with Gasteiger partial charge in [-0.15, -0.1) is 12.4 Å². The van der Waals surface area contributed by atoms with E-state index in [1.165, 1.54) is 12.3 Å². The zero-order valence-corrected chi connectivity index (χ0v) is 11.6. The van der Waals surface area contributed by atoms with Gasteiger partial charge < -0.3 is 15.6 Å². The first kappa shape index (κ1) is 15.7. The minimum Gasteiger partial charge on any atom is -0.336 e. The summed E-state index contributed by atoms with van der Waals surface area (Å²) in [5.41, 5.74) is 5.81. The smallest absolute Gasteiger partial charge is 0.254 e. The van der Waals surface area contributed by atoms with Crippen molar-refractivity contribution in [3.8, 4) is 0 Å². The molecule has 0 aromatic carbocycles. The Morgan fingerprint density at radius 3 is 2.95 bits per heavy atom. The number of nitrogens with zero attached hydrogens (tertiary/aromatic N) is 1. The van der Waals surface area contributed by atoms with Crippen LogP contribution in [0.3, 0.4) is 0 Å². The van der Waals surface area contributed by atoms with Crippen LogP contribution in [0.15, 0.2) is 23.1 Å². The molecule has 5 nitrogen and oxygen atoms in total. The number of pyridine rings is 1. The third kappa shape index (κ3) is 3.81. The van der Waals surface area contributed by atoms with Gasteiger partial charge in [0, 0.05) is 30.4 Å². The molecular formula is C13H20ClN3O2. The molecule has 0 radical (unpaired) electrons. The van der Waals surface area contributed by atoms with Crippen molar-refractivity contribution in [2.75, 3.05) is 13.1 Å². The molecule has 3 N–H and O–H groups in total. The van der Waals surface area contributed by atoms with Crippen molar-refractivity contribution in [2.24, 2.45) is 5.73 Å². The molecule has 0 aliphatic carbocycles. The van der Waals surface area contributed by atoms with E-state index < -0.39 is 0 Å². The number of halogens is 1. The summed E-state index contributed by atoms with van der Waals surface area (Å²) >= 11 is 0. The lowest BCUT2D eigenvalue weighted by molar-refractivity contribution is 0.0604. The number of piperidine rings is 1. The first-order chi connectivity index (χ1) is 8.72. The Morgan fingerprint density at radius 1 is 1.47 bits per heavy atom. The lowest BCUT2D eigenvalue weighted by Gasteiger charge is -2.35. The summed E-state index contributed by atoms with van der Waals surface area (Å²) in [6, 6.07) is 3.23. The van der Waals surface area contributed by atoms with E-state index in [1.54, 1.807) is 6.07 Å². The van der Waals surface area contributed by atoms with Crippen molar-refractivity contribution in [1.29, 1.82) is 0 Å². The third-order valence-electron chi connectivity index (χ3n) is 3.41. The van der Waals surface area contributed by atoms with Crippen LogP contribution in [0, 0.1) is 0 Å². The van der Waals surface area contributed by atoms with E-state index in [9.17, 15) is 9.59 Å². The lowest BCUT2D eigenvalue weighted by atomic mass is 9.98. The number of hydrogen-bond donors (Lipinski definition) is 2. The van der Waals surface area contributed by atoms with E-state index in [0.29, 0.717) is 12.1 Å². The van der Waals surface area contributed by atoms with E-state index in [0.717, 1.165) is 32.2 Å². The Balaban J connectivity index is 0.00000180. The maximum Gasteiger partial charge on any atom is 0.254 e. The van der Waals surface area contributed by atoms with Gasteiger partial charge in [-0.2, -0.15) is 0 Å². The number of carbonyl (C=O) groups is 1. The number of aromatic amines is 1. The van der Waals surface area contributed by atoms with Gasteiger partial charge in [0.05, 0.1) is 0 Å². The van der Waals surface area contributed by atoms with E-state index in [2.05, 4.69) is 4.98 Å². The quantitative estimate of drug-likeness (QED) is 0.874. The number of nitrogens with two attached hydrogens (primary N) is 1. The van der Waals surface area contributed by atoms with Gasteiger partial charge in [-0.05, 0) is 38.3 Å². The molecule has 1 saturated heterocycles. The molecule has 6 heteroatoms. The molecule has 1 aromatic rings. The summed E-state index contributed by atoms with van der Waals surface area (Å²) in [4.78, 5) is 28.0. The molecule has 1 aliphatic heterocycles. The fourth-order valence-electron chi connectivity index (χ4n) is 2.50. The highest BCUT2D eigenvalue weighted by atomic mass is 35.5. The van der Waals surface area contributed by atoms with Gasteiger partial charge in [0.15, 0.2) is 0 Å². The summed E-state index contributed by atoms with van der Waals surface area (Å²) < 4.78 is 0. The van der Waals surface area contributed by atoms with Gasteiger partial charge in [0.2, 0.25) is 5.56 Å². The average Bonchev–Trinajstić information content (AvgIpc) is 2.39. The summed E-state index contributed by atoms with van der Waals surface area (Å²) in [7, 11) is 0. The molecule has 1 unspecified atom stereocenters. The molecule has 19 heavy (non-hydrogen) atoms. The Hall–Kier alpha value is -1.33. The standard InChI is InChI=1S/C13H19N3O2.ClH/c14-6-4-11-3-1-2-8-16(11)13(18)10-5-7-15-12(17)9-10;/h5,7,9,11H,1-4,6,8,14H2,(H,15,17);1H. The van der Waals surface area contributed by atoms with Crippen LogP contribution < -0.4 is 11.3 Å². The van der Waals surface area contributed by atoms with Crippen molar-refractivity contribution in [2.45, 2.75) is 31.7 Å². The molecule has 1 amide bonds. The maximum absolute atomic E-state index is 12.4. The Labute approximate surface area is 118 Å². The number of hydrogen-bond acceptors (Lipinski definition) is 3. The summed E-state index contributed by atoms with van der Waals surface area (Å²) in [6.45, 7) is 1.35. The first-order valence-electron chi connectivity index (χ1n) is 6.42. The van der Waals surface area contributed by atoms with Crippen molar-refractivity contribution in [3.63, 3.8) is 0 Å². The molecule has 106 valence electrons. The van der Waals surface area contributed by atoms with Crippen molar-refractivity contribution >= 4 is 18.3 Å². The van der Waals surface area contributed by atoms with Gasteiger partial charge in [0.1, 0.15) is 0 Å². The van der Waals surface area contributed by atoms with Crippen molar-refractivity contribution in [3.05, 3.63) is 34.2 Å². The Morgan fingerprint density at radius 2 is 2.26 bits per heavy atom. The van der Waals surface area contributed by atoms with E-state index in [-0.39, 0.29) is 29.9 Å². The summed E-state index contributed by atoms with van der Waals surface area (Å²) in [5, 5.41) is 0. The van der Waals surface area contributed by atoms with Gasteiger partial charge in [-0.1, -0.05) is 0 Å². The van der Waals surface area contributed by atoms with Gasteiger partial charge in [0.25, 0.3) is 5.91 Å². The second-order valence-electron chi connectivity index (χ2n) is 4.67. The molecule has 2 heterocycles. The predicted molar refractivity (Wildman–Crippen MR) is 76.7 cm³/mol. The maximum atomic E-state index is 12.4. The fraction of sp³-hybridized carbons (Fsp3) is 0.538. The number of likely N-dealkylation sites (tertiary alicyclic amines) is 1. The number of nitrogens with one attached hydrogen (secondary N) is 1. The molecule has 0 bridgehead atoms. The average molecular weight is 286 g/mol. The zero-order valence-electron chi connectivity index (χ0n) is 10.8. The highest BCUT2D eigenvalue weighted by Crippen LogP contribution is 2.21. The molecule has 1 atom stereocenters. The van der Waals surface area contributed by atoms with E-state index >= 15 is 0 Å². The number of amides is 1. The van der Waals surface area contributed by atoms with Crippen LogP contribution in [0.4, 0.5) is 0 Å². The molecule has 0 saturated carbocycles. The normalized spacial score (nSPS) is 18.8. The summed E-state index contributed by atoms with van der Waals surface area (Å²) in [6.07, 6.45) is 5.51. The predicted octanol–water partition coefficient (Wildman–Crippen LogP) is 1.14. The number of aromatic nitrogens is 1. The van der Waals surface area contributed by atoms with Gasteiger partial charge in [-0.3, -0.25) is 9.59 Å². The van der Waals surface area contributed by atoms with Gasteiger partial charge >= 0.3 is 0 Å². The van der Waals surface area contributed by atoms with E-state index in [4.69, 9.17) is 5.73 Å². The van der Waals surface area contributed by atoms with Crippen molar-refractivity contribution < 1.29 is 4.79 Å². The minimum absolute atomic E-state index is 0. The first-order valence-corrected chi connectivity index (χ1v) is 6.42. The van der Waals surface area contributed by atoms with Crippen molar-refractivity contribution in [1.82, 2.24) is 9.88 Å². The van der Waals surface area contributed by atoms with Crippen LogP contribution in [0.1, 0.15) is 36.0 Å². The fourth-order valence-corrected chi connectivity index (χ4v) is 2.50. The van der Waals surface area contributed by atoms with Crippen LogP contribution in [0.2, 0.25) is 0 Å². The highest BCUT2D eigenvalue weighted by Gasteiger charge is 2.26. The minimum atomic E-state index is -0.242. The molecule has 1 aromatic heterocycles. The topological polar surface area (TPSA) is 79.2 Å². The summed E-state index contributed by atoms with van der Waals surface area (Å²) in [5.74, 6) is -0.0562. The second-order valence-corrected chi connectivity index (χ2v) is 4.67. The number of H-pyrrole nitrogens is 1. The van der Waals surface area contributed by atoms with Crippen LogP contribution in [0.25, 0.3) is 0 Å². The van der Waals surface area contributed by atoms with Crippen LogP contribution in [0.5, 0.6) is 0 Å². The molecule has 1 fully saturated rings. The van der Waals surface area contributed by atoms with Crippen LogP contribution in [-0.4, -0.2) is 34.9 Å². The second kappa shape index (κ2) is 7.31. The monoisotopic (exact) mass is 285 g/mol.